The number of nitrogens with zero attached hydrogens (tertiary/aromatic N) is 2. The normalized spacial score (nSPS) is 18.3. The van der Waals surface area contributed by atoms with Gasteiger partial charge >= 0.3 is 6.18 Å². The van der Waals surface area contributed by atoms with Gasteiger partial charge < -0.3 is 19.3 Å². The summed E-state index contributed by atoms with van der Waals surface area (Å²) < 4.78 is 50.0. The molecule has 2 amide bonds. The first-order chi connectivity index (χ1) is 16.8. The predicted octanol–water partition coefficient (Wildman–Crippen LogP) is 4.26. The molecular formula is C26H29F3N2O4. The lowest BCUT2D eigenvalue weighted by Gasteiger charge is -2.42. The van der Waals surface area contributed by atoms with Gasteiger partial charge in [0.1, 0.15) is 5.75 Å². The summed E-state index contributed by atoms with van der Waals surface area (Å²) in [5.41, 5.74) is -1.01. The lowest BCUT2D eigenvalue weighted by atomic mass is 9.75. The minimum absolute atomic E-state index is 0.0486. The Kier molecular flexibility index (Phi) is 7.64. The van der Waals surface area contributed by atoms with Crippen molar-refractivity contribution in [3.05, 3.63) is 65.7 Å². The fraction of sp³-hybridized carbons (Fsp3) is 0.462. The molecule has 0 unspecified atom stereocenters. The summed E-state index contributed by atoms with van der Waals surface area (Å²) in [6, 6.07) is 13.7. The van der Waals surface area contributed by atoms with Crippen molar-refractivity contribution in [2.75, 3.05) is 46.0 Å². The second-order valence-corrected chi connectivity index (χ2v) is 9.14. The molecule has 0 atom stereocenters. The monoisotopic (exact) mass is 490 g/mol. The number of rotatable bonds is 6. The van der Waals surface area contributed by atoms with Gasteiger partial charge in [0.2, 0.25) is 5.91 Å². The molecule has 9 heteroatoms. The van der Waals surface area contributed by atoms with E-state index >= 15 is 0 Å². The van der Waals surface area contributed by atoms with Crippen LogP contribution in [0.5, 0.6) is 5.75 Å². The molecule has 2 aliphatic rings. The molecule has 0 saturated carbocycles. The Morgan fingerprint density at radius 1 is 0.886 bits per heavy atom. The quantitative estimate of drug-likeness (QED) is 0.608. The molecule has 2 aromatic rings. The van der Waals surface area contributed by atoms with E-state index in [1.54, 1.807) is 4.90 Å². The summed E-state index contributed by atoms with van der Waals surface area (Å²) >= 11 is 0. The van der Waals surface area contributed by atoms with Crippen LogP contribution in [0.1, 0.15) is 35.2 Å². The van der Waals surface area contributed by atoms with Crippen LogP contribution in [0.25, 0.3) is 0 Å². The fourth-order valence-electron chi connectivity index (χ4n) is 4.54. The number of benzene rings is 2. The number of carbonyl (C=O) groups is 2. The molecule has 4 rings (SSSR count). The van der Waals surface area contributed by atoms with Gasteiger partial charge in [-0.2, -0.15) is 13.2 Å². The number of carbonyl (C=O) groups excluding carboxylic acids is 2. The summed E-state index contributed by atoms with van der Waals surface area (Å²) in [4.78, 5) is 29.5. The number of piperidine rings is 1. The molecule has 0 aliphatic carbocycles. The van der Waals surface area contributed by atoms with Crippen LogP contribution in [-0.2, 0) is 15.7 Å². The van der Waals surface area contributed by atoms with Crippen LogP contribution in [0, 0.1) is 5.41 Å². The van der Waals surface area contributed by atoms with Gasteiger partial charge in [0.15, 0.2) is 0 Å². The van der Waals surface area contributed by atoms with E-state index in [2.05, 4.69) is 0 Å². The van der Waals surface area contributed by atoms with E-state index in [1.165, 1.54) is 12.1 Å². The fourth-order valence-corrected chi connectivity index (χ4v) is 4.54. The molecule has 2 aliphatic heterocycles. The minimum Gasteiger partial charge on any atom is -0.493 e. The third-order valence-electron chi connectivity index (χ3n) is 6.75. The van der Waals surface area contributed by atoms with Crippen LogP contribution in [-0.4, -0.2) is 67.6 Å². The smallest absolute Gasteiger partial charge is 0.416 e. The molecule has 0 spiro atoms. The van der Waals surface area contributed by atoms with Crippen molar-refractivity contribution in [3.8, 4) is 5.75 Å². The Bertz CT molecular complexity index is 998. The number of hydrogen-bond acceptors (Lipinski definition) is 4. The third kappa shape index (κ3) is 6.33. The number of likely N-dealkylation sites (tertiary alicyclic amines) is 1. The molecular weight excluding hydrogens is 461 g/mol. The van der Waals surface area contributed by atoms with Crippen molar-refractivity contribution in [1.29, 1.82) is 0 Å². The second kappa shape index (κ2) is 10.7. The van der Waals surface area contributed by atoms with E-state index in [4.69, 9.17) is 9.47 Å². The van der Waals surface area contributed by atoms with Crippen LogP contribution in [0.15, 0.2) is 54.6 Å². The van der Waals surface area contributed by atoms with E-state index < -0.39 is 17.2 Å². The third-order valence-corrected chi connectivity index (χ3v) is 6.75. The molecule has 0 bridgehead atoms. The maximum atomic E-state index is 13.1. The van der Waals surface area contributed by atoms with Crippen LogP contribution in [0.2, 0.25) is 0 Å². The zero-order chi connectivity index (χ0) is 24.9. The van der Waals surface area contributed by atoms with Crippen molar-refractivity contribution in [2.45, 2.75) is 25.4 Å². The Balaban J connectivity index is 1.43. The summed E-state index contributed by atoms with van der Waals surface area (Å²) in [5.74, 6) is 0.456. The van der Waals surface area contributed by atoms with Gasteiger partial charge in [-0.05, 0) is 49.2 Å². The lowest BCUT2D eigenvalue weighted by molar-refractivity contribution is -0.139. The number of ether oxygens (including phenoxy) is 2. The maximum absolute atomic E-state index is 13.1. The van der Waals surface area contributed by atoms with Gasteiger partial charge in [0.05, 0.1) is 25.4 Å². The van der Waals surface area contributed by atoms with Crippen molar-refractivity contribution in [3.63, 3.8) is 0 Å². The van der Waals surface area contributed by atoms with Crippen LogP contribution < -0.4 is 4.74 Å². The molecule has 2 aromatic carbocycles. The number of para-hydroxylation sites is 1. The Labute approximate surface area is 202 Å². The highest BCUT2D eigenvalue weighted by atomic mass is 19.4. The van der Waals surface area contributed by atoms with Crippen LogP contribution in [0.3, 0.4) is 0 Å². The Morgan fingerprint density at radius 3 is 2.11 bits per heavy atom. The Hall–Kier alpha value is -3.07. The number of hydrogen-bond donors (Lipinski definition) is 0. The molecule has 2 saturated heterocycles. The highest BCUT2D eigenvalue weighted by molar-refractivity contribution is 5.94. The van der Waals surface area contributed by atoms with E-state index in [9.17, 15) is 22.8 Å². The average Bonchev–Trinajstić information content (AvgIpc) is 2.88. The van der Waals surface area contributed by atoms with Crippen molar-refractivity contribution < 1.29 is 32.2 Å². The van der Waals surface area contributed by atoms with Crippen LogP contribution in [0.4, 0.5) is 13.2 Å². The van der Waals surface area contributed by atoms with Crippen molar-refractivity contribution >= 4 is 11.8 Å². The molecule has 0 radical (unpaired) electrons. The SMILES string of the molecule is O=C(CC1(COc2ccccc2)CCN(C(=O)c2ccc(C(F)(F)F)cc2)CC1)N1CCOCC1. The van der Waals surface area contributed by atoms with Crippen LogP contribution >= 0.6 is 0 Å². The first-order valence-electron chi connectivity index (χ1n) is 11.8. The lowest BCUT2D eigenvalue weighted by Crippen LogP contribution is -2.49. The van der Waals surface area contributed by atoms with Gasteiger partial charge in [-0.15, -0.1) is 0 Å². The van der Waals surface area contributed by atoms with E-state index in [0.29, 0.717) is 71.0 Å². The Morgan fingerprint density at radius 2 is 1.51 bits per heavy atom. The summed E-state index contributed by atoms with van der Waals surface area (Å²) in [7, 11) is 0. The van der Waals surface area contributed by atoms with E-state index in [1.807, 2.05) is 35.2 Å². The molecule has 188 valence electrons. The highest BCUT2D eigenvalue weighted by Crippen LogP contribution is 2.37. The van der Waals surface area contributed by atoms with E-state index in [0.717, 1.165) is 12.1 Å². The highest BCUT2D eigenvalue weighted by Gasteiger charge is 2.40. The molecule has 0 N–H and O–H groups in total. The molecule has 2 fully saturated rings. The molecule has 35 heavy (non-hydrogen) atoms. The van der Waals surface area contributed by atoms with Crippen molar-refractivity contribution in [2.24, 2.45) is 5.41 Å². The zero-order valence-electron chi connectivity index (χ0n) is 19.4. The van der Waals surface area contributed by atoms with Crippen molar-refractivity contribution in [1.82, 2.24) is 9.80 Å². The first kappa shape index (κ1) is 25.0. The first-order valence-corrected chi connectivity index (χ1v) is 11.8. The zero-order valence-corrected chi connectivity index (χ0v) is 19.4. The summed E-state index contributed by atoms with van der Waals surface area (Å²) in [6.45, 7) is 3.31. The van der Waals surface area contributed by atoms with Gasteiger partial charge in [0, 0.05) is 43.6 Å². The molecule has 2 heterocycles. The van der Waals surface area contributed by atoms with Gasteiger partial charge in [0.25, 0.3) is 5.91 Å². The molecule has 6 nitrogen and oxygen atoms in total. The number of halogens is 3. The molecule has 0 aromatic heterocycles. The maximum Gasteiger partial charge on any atom is 0.416 e. The minimum atomic E-state index is -4.45. The second-order valence-electron chi connectivity index (χ2n) is 9.14. The summed E-state index contributed by atoms with van der Waals surface area (Å²) in [6.07, 6.45) is -3.02. The number of amides is 2. The average molecular weight is 491 g/mol. The van der Waals surface area contributed by atoms with Gasteiger partial charge in [-0.1, -0.05) is 18.2 Å². The topological polar surface area (TPSA) is 59.1 Å². The van der Waals surface area contributed by atoms with E-state index in [-0.39, 0.29) is 17.4 Å². The largest absolute Gasteiger partial charge is 0.493 e. The number of alkyl halides is 3. The number of morpholine rings is 1. The standard InChI is InChI=1S/C26H29F3N2O4/c27-26(28,29)21-8-6-20(7-9-21)24(33)31-12-10-25(11-13-31,19-35-22-4-2-1-3-5-22)18-23(32)30-14-16-34-17-15-30/h1-9H,10-19H2. The predicted molar refractivity (Wildman–Crippen MR) is 123 cm³/mol. The van der Waals surface area contributed by atoms with Gasteiger partial charge in [-0.25, -0.2) is 0 Å². The summed E-state index contributed by atoms with van der Waals surface area (Å²) in [5, 5.41) is 0. The van der Waals surface area contributed by atoms with Gasteiger partial charge in [-0.3, -0.25) is 9.59 Å².